The third-order valence-electron chi connectivity index (χ3n) is 3.52. The number of rotatable bonds is 5. The summed E-state index contributed by atoms with van der Waals surface area (Å²) in [4.78, 5) is 0. The maximum absolute atomic E-state index is 5.64. The van der Waals surface area contributed by atoms with Gasteiger partial charge in [0.1, 0.15) is 0 Å². The molecule has 20 heavy (non-hydrogen) atoms. The molecule has 0 saturated carbocycles. The van der Waals surface area contributed by atoms with E-state index in [-0.39, 0.29) is 6.10 Å². The summed E-state index contributed by atoms with van der Waals surface area (Å²) in [5, 5.41) is 12.8. The van der Waals surface area contributed by atoms with Crippen molar-refractivity contribution in [2.45, 2.75) is 43.3 Å². The largest absolute Gasteiger partial charge is 0.376 e. The molecule has 1 atom stereocenters. The van der Waals surface area contributed by atoms with Crippen LogP contribution in [0.25, 0.3) is 0 Å². The number of nitrogens with zero attached hydrogens (tertiary/aromatic N) is 4. The third-order valence-corrected chi connectivity index (χ3v) is 4.52. The van der Waals surface area contributed by atoms with Gasteiger partial charge in [0.05, 0.1) is 12.6 Å². The topological polar surface area (TPSA) is 52.8 Å². The zero-order valence-electron chi connectivity index (χ0n) is 11.5. The molecule has 2 heterocycles. The highest BCUT2D eigenvalue weighted by molar-refractivity contribution is 7.98. The molecule has 0 N–H and O–H groups in total. The smallest absolute Gasteiger partial charge is 0.209 e. The normalized spacial score (nSPS) is 18.6. The lowest BCUT2D eigenvalue weighted by Gasteiger charge is -2.10. The fraction of sp³-hybridized carbons (Fsp3) is 0.500. The Hall–Kier alpha value is -1.40. The van der Waals surface area contributed by atoms with Crippen molar-refractivity contribution in [2.75, 3.05) is 6.61 Å². The molecule has 3 rings (SSSR count). The summed E-state index contributed by atoms with van der Waals surface area (Å²) < 4.78 is 7.50. The summed E-state index contributed by atoms with van der Waals surface area (Å²) in [6.07, 6.45) is 2.50. The molecular weight excluding hydrogens is 272 g/mol. The van der Waals surface area contributed by atoms with Crippen molar-refractivity contribution in [1.29, 1.82) is 0 Å². The molecule has 1 saturated heterocycles. The average Bonchev–Trinajstić information content (AvgIpc) is 3.10. The van der Waals surface area contributed by atoms with Gasteiger partial charge in [-0.1, -0.05) is 36.0 Å². The summed E-state index contributed by atoms with van der Waals surface area (Å²) in [5.74, 6) is 0.887. The monoisotopic (exact) mass is 290 g/mol. The Morgan fingerprint density at radius 3 is 3.10 bits per heavy atom. The van der Waals surface area contributed by atoms with E-state index in [0.29, 0.717) is 0 Å². The van der Waals surface area contributed by atoms with Crippen LogP contribution in [0, 0.1) is 6.92 Å². The number of hydrogen-bond donors (Lipinski definition) is 0. The van der Waals surface area contributed by atoms with Gasteiger partial charge in [-0.05, 0) is 41.3 Å². The minimum atomic E-state index is 0.260. The zero-order valence-corrected chi connectivity index (χ0v) is 12.3. The molecule has 1 unspecified atom stereocenters. The van der Waals surface area contributed by atoms with Crippen LogP contribution < -0.4 is 0 Å². The Morgan fingerprint density at radius 1 is 1.40 bits per heavy atom. The molecule has 1 aromatic heterocycles. The zero-order chi connectivity index (χ0) is 13.8. The van der Waals surface area contributed by atoms with Crippen LogP contribution in [0.3, 0.4) is 0 Å². The second-order valence-corrected chi connectivity index (χ2v) is 5.94. The van der Waals surface area contributed by atoms with Crippen LogP contribution in [0.4, 0.5) is 0 Å². The van der Waals surface area contributed by atoms with Crippen molar-refractivity contribution >= 4 is 11.8 Å². The van der Waals surface area contributed by atoms with Crippen LogP contribution in [0.15, 0.2) is 29.4 Å². The van der Waals surface area contributed by atoms with Gasteiger partial charge in [-0.3, -0.25) is 0 Å². The van der Waals surface area contributed by atoms with Crippen molar-refractivity contribution in [3.8, 4) is 0 Å². The van der Waals surface area contributed by atoms with E-state index in [0.717, 1.165) is 36.9 Å². The van der Waals surface area contributed by atoms with Crippen molar-refractivity contribution in [1.82, 2.24) is 20.2 Å². The molecule has 0 amide bonds. The Labute approximate surface area is 122 Å². The number of aromatic nitrogens is 4. The second-order valence-electron chi connectivity index (χ2n) is 4.99. The highest BCUT2D eigenvalue weighted by atomic mass is 32.2. The molecule has 0 aliphatic carbocycles. The molecule has 1 aromatic carbocycles. The number of tetrazole rings is 1. The average molecular weight is 290 g/mol. The summed E-state index contributed by atoms with van der Waals surface area (Å²) in [5.41, 5.74) is 2.63. The molecule has 106 valence electrons. The van der Waals surface area contributed by atoms with Crippen molar-refractivity contribution in [2.24, 2.45) is 0 Å². The van der Waals surface area contributed by atoms with E-state index in [2.05, 4.69) is 46.7 Å². The lowest BCUT2D eigenvalue weighted by Crippen LogP contribution is -2.16. The SMILES string of the molecule is Cc1ccccc1CSc1nnnn1CC1CCCO1. The minimum Gasteiger partial charge on any atom is -0.376 e. The maximum atomic E-state index is 5.64. The van der Waals surface area contributed by atoms with E-state index >= 15 is 0 Å². The lowest BCUT2D eigenvalue weighted by atomic mass is 10.1. The fourth-order valence-corrected chi connectivity index (χ4v) is 3.27. The molecule has 0 radical (unpaired) electrons. The van der Waals surface area contributed by atoms with E-state index in [1.165, 1.54) is 11.1 Å². The maximum Gasteiger partial charge on any atom is 0.209 e. The molecule has 1 fully saturated rings. The van der Waals surface area contributed by atoms with Gasteiger partial charge in [0.2, 0.25) is 5.16 Å². The van der Waals surface area contributed by atoms with Gasteiger partial charge < -0.3 is 4.74 Å². The van der Waals surface area contributed by atoms with Crippen LogP contribution in [0.1, 0.15) is 24.0 Å². The van der Waals surface area contributed by atoms with Gasteiger partial charge in [0.15, 0.2) is 0 Å². The fourth-order valence-electron chi connectivity index (χ4n) is 2.31. The van der Waals surface area contributed by atoms with Gasteiger partial charge >= 0.3 is 0 Å². The van der Waals surface area contributed by atoms with Crippen LogP contribution in [-0.2, 0) is 17.0 Å². The Bertz CT molecular complexity index is 566. The van der Waals surface area contributed by atoms with E-state index in [9.17, 15) is 0 Å². The molecule has 6 heteroatoms. The van der Waals surface area contributed by atoms with Gasteiger partial charge in [0.25, 0.3) is 0 Å². The molecule has 1 aliphatic heterocycles. The molecule has 0 bridgehead atoms. The first-order valence-corrected chi connectivity index (χ1v) is 7.86. The molecule has 0 spiro atoms. The predicted octanol–water partition coefficient (Wildman–Crippen LogP) is 2.45. The van der Waals surface area contributed by atoms with Crippen molar-refractivity contribution < 1.29 is 4.74 Å². The molecular formula is C14H18N4OS. The molecule has 1 aliphatic rings. The van der Waals surface area contributed by atoms with Crippen LogP contribution in [0.5, 0.6) is 0 Å². The molecule has 2 aromatic rings. The number of thioether (sulfide) groups is 1. The summed E-state index contributed by atoms with van der Waals surface area (Å²) in [7, 11) is 0. The van der Waals surface area contributed by atoms with E-state index in [1.54, 1.807) is 11.8 Å². The highest BCUT2D eigenvalue weighted by Gasteiger charge is 2.18. The van der Waals surface area contributed by atoms with Gasteiger partial charge in [0, 0.05) is 12.4 Å². The predicted molar refractivity (Wildman–Crippen MR) is 77.5 cm³/mol. The number of ether oxygens (including phenoxy) is 1. The van der Waals surface area contributed by atoms with Gasteiger partial charge in [-0.2, -0.15) is 0 Å². The lowest BCUT2D eigenvalue weighted by molar-refractivity contribution is 0.0912. The number of hydrogen-bond acceptors (Lipinski definition) is 5. The van der Waals surface area contributed by atoms with Crippen LogP contribution in [-0.4, -0.2) is 32.9 Å². The van der Waals surface area contributed by atoms with E-state index < -0.39 is 0 Å². The minimum absolute atomic E-state index is 0.260. The summed E-state index contributed by atoms with van der Waals surface area (Å²) in [6.45, 7) is 3.74. The van der Waals surface area contributed by atoms with Gasteiger partial charge in [-0.25, -0.2) is 4.68 Å². The quantitative estimate of drug-likeness (QED) is 0.792. The third kappa shape index (κ3) is 3.19. The summed E-state index contributed by atoms with van der Waals surface area (Å²) in [6, 6.07) is 8.41. The Balaban J connectivity index is 1.63. The van der Waals surface area contributed by atoms with Crippen LogP contribution >= 0.6 is 11.8 Å². The van der Waals surface area contributed by atoms with Crippen LogP contribution in [0.2, 0.25) is 0 Å². The summed E-state index contributed by atoms with van der Waals surface area (Å²) >= 11 is 1.68. The van der Waals surface area contributed by atoms with Crippen molar-refractivity contribution in [3.63, 3.8) is 0 Å². The first kappa shape index (κ1) is 13.6. The van der Waals surface area contributed by atoms with Gasteiger partial charge in [-0.15, -0.1) is 5.10 Å². The second kappa shape index (κ2) is 6.37. The Morgan fingerprint density at radius 2 is 2.30 bits per heavy atom. The standard InChI is InChI=1S/C14H18N4OS/c1-11-5-2-3-6-12(11)10-20-14-15-16-17-18(14)9-13-7-4-8-19-13/h2-3,5-6,13H,4,7-10H2,1H3. The van der Waals surface area contributed by atoms with Crippen molar-refractivity contribution in [3.05, 3.63) is 35.4 Å². The number of aryl methyl sites for hydroxylation is 1. The first-order valence-electron chi connectivity index (χ1n) is 6.88. The first-order chi connectivity index (χ1) is 9.83. The van der Waals surface area contributed by atoms with E-state index in [1.807, 2.05) is 4.68 Å². The van der Waals surface area contributed by atoms with E-state index in [4.69, 9.17) is 4.74 Å². The molecule has 5 nitrogen and oxygen atoms in total. The Kier molecular flexibility index (Phi) is 4.32. The number of benzene rings is 1. The highest BCUT2D eigenvalue weighted by Crippen LogP contribution is 2.23.